The number of unbranched alkanes of at least 4 members (excludes halogenated alkanes) is 2. The lowest BCUT2D eigenvalue weighted by molar-refractivity contribution is 0.0690. The SMILES string of the molecule is CN(CCCCCO)c1ccnc(C(=O)O)c1. The molecule has 1 heterocycles. The second-order valence-electron chi connectivity index (χ2n) is 3.91. The van der Waals surface area contributed by atoms with E-state index >= 15 is 0 Å². The molecule has 0 bridgehead atoms. The highest BCUT2D eigenvalue weighted by Crippen LogP contribution is 2.13. The first-order chi connectivity index (χ1) is 8.15. The van der Waals surface area contributed by atoms with Crippen molar-refractivity contribution in [1.29, 1.82) is 0 Å². The molecule has 0 atom stereocenters. The zero-order valence-electron chi connectivity index (χ0n) is 9.96. The summed E-state index contributed by atoms with van der Waals surface area (Å²) in [5, 5.41) is 17.5. The summed E-state index contributed by atoms with van der Waals surface area (Å²) >= 11 is 0. The molecule has 0 radical (unpaired) electrons. The molecule has 94 valence electrons. The van der Waals surface area contributed by atoms with Crippen LogP contribution in [0, 0.1) is 0 Å². The zero-order valence-corrected chi connectivity index (χ0v) is 9.96. The van der Waals surface area contributed by atoms with E-state index in [2.05, 4.69) is 4.98 Å². The first kappa shape index (κ1) is 13.4. The third-order valence-electron chi connectivity index (χ3n) is 2.56. The van der Waals surface area contributed by atoms with Crippen molar-refractivity contribution in [2.75, 3.05) is 25.1 Å². The van der Waals surface area contributed by atoms with Crippen LogP contribution in [0.15, 0.2) is 18.3 Å². The molecule has 0 aliphatic heterocycles. The van der Waals surface area contributed by atoms with Gasteiger partial charge >= 0.3 is 5.97 Å². The number of carbonyl (C=O) groups is 1. The molecule has 0 aliphatic carbocycles. The van der Waals surface area contributed by atoms with Crippen LogP contribution in [-0.4, -0.2) is 41.4 Å². The lowest BCUT2D eigenvalue weighted by atomic mass is 10.2. The Morgan fingerprint density at radius 3 is 2.82 bits per heavy atom. The summed E-state index contributed by atoms with van der Waals surface area (Å²) in [6.07, 6.45) is 4.26. The lowest BCUT2D eigenvalue weighted by Gasteiger charge is -2.19. The molecule has 0 fully saturated rings. The average molecular weight is 238 g/mol. The van der Waals surface area contributed by atoms with Crippen molar-refractivity contribution in [1.82, 2.24) is 4.98 Å². The molecule has 1 aromatic heterocycles. The van der Waals surface area contributed by atoms with Crippen molar-refractivity contribution in [2.24, 2.45) is 0 Å². The molecule has 0 saturated heterocycles. The van der Waals surface area contributed by atoms with Gasteiger partial charge in [0.05, 0.1) is 0 Å². The number of aromatic carboxylic acids is 1. The number of hydrogen-bond donors (Lipinski definition) is 2. The van der Waals surface area contributed by atoms with Crippen LogP contribution in [0.5, 0.6) is 0 Å². The molecule has 0 amide bonds. The fourth-order valence-electron chi connectivity index (χ4n) is 1.54. The van der Waals surface area contributed by atoms with Crippen LogP contribution in [-0.2, 0) is 0 Å². The molecule has 1 aromatic rings. The number of aromatic nitrogens is 1. The number of nitrogens with zero attached hydrogens (tertiary/aromatic N) is 2. The topological polar surface area (TPSA) is 73.7 Å². The van der Waals surface area contributed by atoms with Crippen LogP contribution in [0.2, 0.25) is 0 Å². The van der Waals surface area contributed by atoms with Gasteiger partial charge in [0.2, 0.25) is 0 Å². The molecule has 17 heavy (non-hydrogen) atoms. The lowest BCUT2D eigenvalue weighted by Crippen LogP contribution is -2.19. The van der Waals surface area contributed by atoms with Crippen LogP contribution < -0.4 is 4.90 Å². The largest absolute Gasteiger partial charge is 0.477 e. The summed E-state index contributed by atoms with van der Waals surface area (Å²) in [6.45, 7) is 1.06. The Labute approximate surface area is 101 Å². The average Bonchev–Trinajstić information content (AvgIpc) is 2.34. The molecule has 5 nitrogen and oxygen atoms in total. The minimum absolute atomic E-state index is 0.0599. The van der Waals surface area contributed by atoms with Crippen LogP contribution in [0.3, 0.4) is 0 Å². The van der Waals surface area contributed by atoms with E-state index in [0.29, 0.717) is 0 Å². The van der Waals surface area contributed by atoms with Crippen molar-refractivity contribution in [3.05, 3.63) is 24.0 Å². The van der Waals surface area contributed by atoms with Gasteiger partial charge < -0.3 is 15.1 Å². The quantitative estimate of drug-likeness (QED) is 0.702. The first-order valence-corrected chi connectivity index (χ1v) is 5.66. The maximum atomic E-state index is 10.8. The van der Waals surface area contributed by atoms with Crippen LogP contribution in [0.4, 0.5) is 5.69 Å². The number of aliphatic hydroxyl groups excluding tert-OH is 1. The standard InChI is InChI=1S/C12H18N2O3/c1-14(7-3-2-4-8-15)10-5-6-13-11(9-10)12(16)17/h5-6,9,15H,2-4,7-8H2,1H3,(H,16,17). The van der Waals surface area contributed by atoms with Gasteiger partial charge in [-0.3, -0.25) is 0 Å². The van der Waals surface area contributed by atoms with Crippen molar-refractivity contribution < 1.29 is 15.0 Å². The minimum atomic E-state index is -1.01. The Morgan fingerprint density at radius 1 is 1.41 bits per heavy atom. The second kappa shape index (κ2) is 6.85. The number of rotatable bonds is 7. The van der Waals surface area contributed by atoms with Gasteiger partial charge in [0.15, 0.2) is 0 Å². The van der Waals surface area contributed by atoms with Gasteiger partial charge in [0, 0.05) is 32.1 Å². The number of aliphatic hydroxyl groups is 1. The van der Waals surface area contributed by atoms with E-state index in [-0.39, 0.29) is 12.3 Å². The molecule has 0 aliphatic rings. The molecule has 2 N–H and O–H groups in total. The summed E-state index contributed by atoms with van der Waals surface area (Å²) in [6, 6.07) is 3.35. The minimum Gasteiger partial charge on any atom is -0.477 e. The Morgan fingerprint density at radius 2 is 2.18 bits per heavy atom. The van der Waals surface area contributed by atoms with Gasteiger partial charge in [0.25, 0.3) is 0 Å². The Hall–Kier alpha value is -1.62. The molecule has 0 aromatic carbocycles. The number of anilines is 1. The van der Waals surface area contributed by atoms with Crippen LogP contribution in [0.1, 0.15) is 29.8 Å². The van der Waals surface area contributed by atoms with E-state index in [1.807, 2.05) is 11.9 Å². The highest BCUT2D eigenvalue weighted by molar-refractivity contribution is 5.86. The monoisotopic (exact) mass is 238 g/mol. The Bertz CT molecular complexity index is 369. The highest BCUT2D eigenvalue weighted by atomic mass is 16.4. The van der Waals surface area contributed by atoms with Crippen molar-refractivity contribution >= 4 is 11.7 Å². The summed E-state index contributed by atoms with van der Waals surface area (Å²) in [4.78, 5) is 16.5. The summed E-state index contributed by atoms with van der Waals surface area (Å²) in [5.74, 6) is -1.01. The molecular weight excluding hydrogens is 220 g/mol. The predicted molar refractivity (Wildman–Crippen MR) is 65.4 cm³/mol. The molecule has 0 saturated carbocycles. The third kappa shape index (κ3) is 4.40. The molecule has 5 heteroatoms. The van der Waals surface area contributed by atoms with E-state index in [0.717, 1.165) is 31.5 Å². The normalized spacial score (nSPS) is 10.2. The Kier molecular flexibility index (Phi) is 5.42. The van der Waals surface area contributed by atoms with Gasteiger partial charge in [0.1, 0.15) is 5.69 Å². The predicted octanol–water partition coefficient (Wildman–Crippen LogP) is 1.38. The fraction of sp³-hybridized carbons (Fsp3) is 0.500. The first-order valence-electron chi connectivity index (χ1n) is 5.66. The number of hydrogen-bond acceptors (Lipinski definition) is 4. The van der Waals surface area contributed by atoms with Crippen LogP contribution in [0.25, 0.3) is 0 Å². The zero-order chi connectivity index (χ0) is 12.7. The summed E-state index contributed by atoms with van der Waals surface area (Å²) in [7, 11) is 1.92. The van der Waals surface area contributed by atoms with E-state index in [9.17, 15) is 4.79 Å². The highest BCUT2D eigenvalue weighted by Gasteiger charge is 2.07. The smallest absolute Gasteiger partial charge is 0.354 e. The van der Waals surface area contributed by atoms with Gasteiger partial charge in [-0.1, -0.05) is 0 Å². The van der Waals surface area contributed by atoms with Crippen molar-refractivity contribution in [3.63, 3.8) is 0 Å². The fourth-order valence-corrected chi connectivity index (χ4v) is 1.54. The molecule has 0 unspecified atom stereocenters. The number of pyridine rings is 1. The third-order valence-corrected chi connectivity index (χ3v) is 2.56. The van der Waals surface area contributed by atoms with Crippen LogP contribution >= 0.6 is 0 Å². The number of carboxylic acids is 1. The van der Waals surface area contributed by atoms with Crippen molar-refractivity contribution in [2.45, 2.75) is 19.3 Å². The van der Waals surface area contributed by atoms with Crippen molar-refractivity contribution in [3.8, 4) is 0 Å². The van der Waals surface area contributed by atoms with Gasteiger partial charge in [-0.25, -0.2) is 9.78 Å². The van der Waals surface area contributed by atoms with E-state index in [1.165, 1.54) is 6.20 Å². The van der Waals surface area contributed by atoms with E-state index < -0.39 is 5.97 Å². The van der Waals surface area contributed by atoms with Gasteiger partial charge in [-0.05, 0) is 31.4 Å². The molecule has 1 rings (SSSR count). The van der Waals surface area contributed by atoms with Gasteiger partial charge in [-0.2, -0.15) is 0 Å². The second-order valence-corrected chi connectivity index (χ2v) is 3.91. The molecule has 0 spiro atoms. The Balaban J connectivity index is 2.53. The van der Waals surface area contributed by atoms with E-state index in [4.69, 9.17) is 10.2 Å². The van der Waals surface area contributed by atoms with Gasteiger partial charge in [-0.15, -0.1) is 0 Å². The maximum absolute atomic E-state index is 10.8. The molecular formula is C12H18N2O3. The summed E-state index contributed by atoms with van der Waals surface area (Å²) in [5.41, 5.74) is 0.908. The maximum Gasteiger partial charge on any atom is 0.354 e. The van der Waals surface area contributed by atoms with E-state index in [1.54, 1.807) is 12.1 Å². The summed E-state index contributed by atoms with van der Waals surface area (Å²) < 4.78 is 0. The number of carboxylic acid groups (broad SMARTS) is 1.